The number of hydrogen-bond donors (Lipinski definition) is 1. The molecule has 1 atom stereocenters. The molecule has 1 aromatic heterocycles. The van der Waals surface area contributed by atoms with Crippen LogP contribution in [0.5, 0.6) is 0 Å². The molecule has 3 rings (SSSR count). The van der Waals surface area contributed by atoms with Gasteiger partial charge in [-0.3, -0.25) is 4.68 Å². The summed E-state index contributed by atoms with van der Waals surface area (Å²) in [5.74, 6) is 0.392. The maximum atomic E-state index is 14.2. The Morgan fingerprint density at radius 3 is 2.60 bits per heavy atom. The van der Waals surface area contributed by atoms with Crippen molar-refractivity contribution in [3.05, 3.63) is 34.7 Å². The maximum absolute atomic E-state index is 14.2. The van der Waals surface area contributed by atoms with Gasteiger partial charge in [-0.1, -0.05) is 31.5 Å². The van der Waals surface area contributed by atoms with Gasteiger partial charge >= 0.3 is 0 Å². The van der Waals surface area contributed by atoms with Gasteiger partial charge in [0.1, 0.15) is 11.6 Å². The van der Waals surface area contributed by atoms with Gasteiger partial charge in [0.2, 0.25) is 0 Å². The molecule has 1 heterocycles. The Bertz CT molecular complexity index is 670. The van der Waals surface area contributed by atoms with Crippen molar-refractivity contribution in [1.82, 2.24) is 9.78 Å². The number of halogens is 2. The molecule has 20 heavy (non-hydrogen) atoms. The van der Waals surface area contributed by atoms with E-state index in [0.29, 0.717) is 27.9 Å². The van der Waals surface area contributed by atoms with Gasteiger partial charge in [0.25, 0.3) is 0 Å². The van der Waals surface area contributed by atoms with Gasteiger partial charge in [-0.2, -0.15) is 5.10 Å². The summed E-state index contributed by atoms with van der Waals surface area (Å²) in [7, 11) is 1.77. The summed E-state index contributed by atoms with van der Waals surface area (Å²) in [6.45, 7) is 4.35. The lowest BCUT2D eigenvalue weighted by Gasteiger charge is -2.08. The molecule has 0 amide bonds. The van der Waals surface area contributed by atoms with E-state index in [9.17, 15) is 4.39 Å². The normalized spacial score (nSPS) is 20.1. The van der Waals surface area contributed by atoms with Crippen LogP contribution in [0, 0.1) is 11.2 Å². The van der Waals surface area contributed by atoms with Crippen molar-refractivity contribution in [3.8, 4) is 11.1 Å². The second-order valence-corrected chi connectivity index (χ2v) is 6.52. The number of aromatic nitrogens is 2. The molecule has 106 valence electrons. The third kappa shape index (κ3) is 1.90. The Kier molecular flexibility index (Phi) is 2.83. The lowest BCUT2D eigenvalue weighted by Crippen LogP contribution is -1.98. The SMILES string of the molecule is Cn1nc(C2CC2(C)C)c(-c2c(F)cccc2Cl)c1N. The molecule has 0 saturated heterocycles. The standard InChI is InChI=1S/C15H17ClFN3/c1-15(2)7-8(15)13-12(14(18)20(3)19-13)11-9(16)5-4-6-10(11)17/h4-6,8H,7,18H2,1-3H3. The monoisotopic (exact) mass is 293 g/mol. The van der Waals surface area contributed by atoms with Crippen LogP contribution in [0.15, 0.2) is 18.2 Å². The smallest absolute Gasteiger partial charge is 0.132 e. The summed E-state index contributed by atoms with van der Waals surface area (Å²) in [6.07, 6.45) is 1.03. The summed E-state index contributed by atoms with van der Waals surface area (Å²) < 4.78 is 15.8. The zero-order chi connectivity index (χ0) is 14.7. The summed E-state index contributed by atoms with van der Waals surface area (Å²) in [5, 5.41) is 4.86. The molecule has 0 radical (unpaired) electrons. The molecule has 1 saturated carbocycles. The number of nitrogen functional groups attached to an aromatic ring is 1. The second kappa shape index (κ2) is 4.22. The number of nitrogens with two attached hydrogens (primary N) is 1. The zero-order valence-corrected chi connectivity index (χ0v) is 12.5. The fourth-order valence-electron chi connectivity index (χ4n) is 2.73. The molecule has 0 spiro atoms. The van der Waals surface area contributed by atoms with E-state index in [1.807, 2.05) is 0 Å². The van der Waals surface area contributed by atoms with Gasteiger partial charge in [-0.15, -0.1) is 0 Å². The Labute approximate surface area is 122 Å². The third-order valence-electron chi connectivity index (χ3n) is 4.17. The Balaban J connectivity index is 2.24. The van der Waals surface area contributed by atoms with Crippen LogP contribution in [0.1, 0.15) is 31.9 Å². The average molecular weight is 294 g/mol. The van der Waals surface area contributed by atoms with Crippen LogP contribution in [-0.2, 0) is 7.05 Å². The molecule has 1 aromatic carbocycles. The van der Waals surface area contributed by atoms with E-state index in [-0.39, 0.29) is 11.2 Å². The number of rotatable bonds is 2. The molecular formula is C15H17ClFN3. The quantitative estimate of drug-likeness (QED) is 0.910. The van der Waals surface area contributed by atoms with E-state index in [1.165, 1.54) is 6.07 Å². The first-order valence-corrected chi connectivity index (χ1v) is 6.97. The Morgan fingerprint density at radius 1 is 1.40 bits per heavy atom. The van der Waals surface area contributed by atoms with Crippen LogP contribution in [-0.4, -0.2) is 9.78 Å². The third-order valence-corrected chi connectivity index (χ3v) is 4.49. The summed E-state index contributed by atoms with van der Waals surface area (Å²) in [5.41, 5.74) is 8.14. The van der Waals surface area contributed by atoms with E-state index in [2.05, 4.69) is 18.9 Å². The van der Waals surface area contributed by atoms with Gasteiger partial charge in [0.05, 0.1) is 16.3 Å². The van der Waals surface area contributed by atoms with Gasteiger partial charge in [-0.25, -0.2) is 4.39 Å². The highest BCUT2D eigenvalue weighted by atomic mass is 35.5. The number of benzene rings is 1. The first kappa shape index (κ1) is 13.4. The van der Waals surface area contributed by atoms with Crippen LogP contribution in [0.2, 0.25) is 5.02 Å². The molecule has 5 heteroatoms. The molecule has 2 aromatic rings. The Morgan fingerprint density at radius 2 is 2.05 bits per heavy atom. The molecule has 3 nitrogen and oxygen atoms in total. The minimum absolute atomic E-state index is 0.188. The first-order valence-electron chi connectivity index (χ1n) is 6.59. The predicted molar refractivity (Wildman–Crippen MR) is 79.2 cm³/mol. The molecule has 1 aliphatic rings. The maximum Gasteiger partial charge on any atom is 0.132 e. The van der Waals surface area contributed by atoms with E-state index >= 15 is 0 Å². The molecular weight excluding hydrogens is 277 g/mol. The first-order chi connectivity index (χ1) is 9.33. The van der Waals surface area contributed by atoms with E-state index in [1.54, 1.807) is 23.9 Å². The van der Waals surface area contributed by atoms with Gasteiger partial charge in [0, 0.05) is 18.5 Å². The van der Waals surface area contributed by atoms with Gasteiger partial charge in [-0.05, 0) is 24.0 Å². The van der Waals surface area contributed by atoms with E-state index < -0.39 is 0 Å². The topological polar surface area (TPSA) is 43.8 Å². The minimum atomic E-state index is -0.364. The number of anilines is 1. The van der Waals surface area contributed by atoms with Crippen molar-refractivity contribution >= 4 is 17.4 Å². The number of hydrogen-bond acceptors (Lipinski definition) is 2. The average Bonchev–Trinajstić information content (AvgIpc) is 2.90. The predicted octanol–water partition coefficient (Wildman–Crippen LogP) is 3.98. The van der Waals surface area contributed by atoms with E-state index in [0.717, 1.165) is 12.1 Å². The fraction of sp³-hybridized carbons (Fsp3) is 0.400. The number of aryl methyl sites for hydroxylation is 1. The highest BCUT2D eigenvalue weighted by Gasteiger charge is 2.49. The Hall–Kier alpha value is -1.55. The van der Waals surface area contributed by atoms with Crippen LogP contribution in [0.25, 0.3) is 11.1 Å². The van der Waals surface area contributed by atoms with Crippen molar-refractivity contribution in [2.45, 2.75) is 26.2 Å². The molecule has 2 N–H and O–H groups in total. The summed E-state index contributed by atoms with van der Waals surface area (Å²) >= 11 is 6.18. The molecule has 0 aliphatic heterocycles. The van der Waals surface area contributed by atoms with Crippen molar-refractivity contribution in [3.63, 3.8) is 0 Å². The highest BCUT2D eigenvalue weighted by molar-refractivity contribution is 6.33. The largest absolute Gasteiger partial charge is 0.383 e. The molecule has 1 aliphatic carbocycles. The van der Waals surface area contributed by atoms with Crippen LogP contribution < -0.4 is 5.73 Å². The van der Waals surface area contributed by atoms with Crippen molar-refractivity contribution in [2.24, 2.45) is 12.5 Å². The van der Waals surface area contributed by atoms with Gasteiger partial charge in [0.15, 0.2) is 0 Å². The zero-order valence-electron chi connectivity index (χ0n) is 11.7. The van der Waals surface area contributed by atoms with Crippen LogP contribution in [0.3, 0.4) is 0 Å². The minimum Gasteiger partial charge on any atom is -0.383 e. The van der Waals surface area contributed by atoms with E-state index in [4.69, 9.17) is 17.3 Å². The highest BCUT2D eigenvalue weighted by Crippen LogP contribution is 2.60. The molecule has 1 fully saturated rings. The molecule has 0 bridgehead atoms. The fourth-order valence-corrected chi connectivity index (χ4v) is 2.99. The van der Waals surface area contributed by atoms with Crippen molar-refractivity contribution in [2.75, 3.05) is 5.73 Å². The van der Waals surface area contributed by atoms with Crippen molar-refractivity contribution in [1.29, 1.82) is 0 Å². The summed E-state index contributed by atoms with van der Waals surface area (Å²) in [4.78, 5) is 0. The van der Waals surface area contributed by atoms with Crippen molar-refractivity contribution < 1.29 is 4.39 Å². The van der Waals surface area contributed by atoms with Gasteiger partial charge < -0.3 is 5.73 Å². The lowest BCUT2D eigenvalue weighted by molar-refractivity contribution is 0.608. The number of nitrogens with zero attached hydrogens (tertiary/aromatic N) is 2. The summed E-state index contributed by atoms with van der Waals surface area (Å²) in [6, 6.07) is 4.66. The van der Waals surface area contributed by atoms with Crippen LogP contribution in [0.4, 0.5) is 10.2 Å². The lowest BCUT2D eigenvalue weighted by atomic mass is 9.99. The molecule has 1 unspecified atom stereocenters. The van der Waals surface area contributed by atoms with Crippen LogP contribution >= 0.6 is 11.6 Å². The second-order valence-electron chi connectivity index (χ2n) is 6.11.